The first-order valence-corrected chi connectivity index (χ1v) is 11.2. The third kappa shape index (κ3) is 3.71. The van der Waals surface area contributed by atoms with E-state index in [-0.39, 0.29) is 29.6 Å². The highest BCUT2D eigenvalue weighted by Crippen LogP contribution is 2.26. The fraction of sp³-hybridized carbons (Fsp3) is 0.579. The lowest BCUT2D eigenvalue weighted by Crippen LogP contribution is -2.39. The van der Waals surface area contributed by atoms with Crippen molar-refractivity contribution in [1.82, 2.24) is 9.21 Å². The molecular weight excluding hydrogens is 382 g/mol. The maximum atomic E-state index is 13.1. The van der Waals surface area contributed by atoms with Crippen molar-refractivity contribution in [2.24, 2.45) is 0 Å². The van der Waals surface area contributed by atoms with Crippen LogP contribution >= 0.6 is 0 Å². The number of carbonyl (C=O) groups excluding carboxylic acids is 2. The first kappa shape index (κ1) is 19.5. The zero-order chi connectivity index (χ0) is 19.7. The van der Waals surface area contributed by atoms with Gasteiger partial charge in [-0.3, -0.25) is 19.4 Å². The number of benzene rings is 1. The highest BCUT2D eigenvalue weighted by atomic mass is 32.2. The molecule has 1 aromatic carbocycles. The summed E-state index contributed by atoms with van der Waals surface area (Å²) in [7, 11) is -3.61. The number of nitrogens with zero attached hydrogens (tertiary/aromatic N) is 3. The van der Waals surface area contributed by atoms with E-state index >= 15 is 0 Å². The van der Waals surface area contributed by atoms with Gasteiger partial charge in [0.1, 0.15) is 0 Å². The first-order valence-electron chi connectivity index (χ1n) is 9.74. The molecule has 1 unspecified atom stereocenters. The fourth-order valence-electron chi connectivity index (χ4n) is 4.11. The van der Waals surface area contributed by atoms with E-state index in [0.29, 0.717) is 31.4 Å². The second-order valence-corrected chi connectivity index (χ2v) is 9.37. The minimum Gasteiger partial charge on any atom is -0.380 e. The van der Waals surface area contributed by atoms with Gasteiger partial charge in [0.05, 0.1) is 17.2 Å². The Kier molecular flexibility index (Phi) is 5.50. The first-order chi connectivity index (χ1) is 13.5. The SMILES string of the molecule is O=C1CCC(=O)N1c1ccc(S(=O)(=O)N2CCCN(C3CCOC3)CC2)cc1. The Morgan fingerprint density at radius 1 is 0.929 bits per heavy atom. The predicted octanol–water partition coefficient (Wildman–Crippen LogP) is 0.825. The van der Waals surface area contributed by atoms with E-state index in [2.05, 4.69) is 4.90 Å². The van der Waals surface area contributed by atoms with E-state index in [1.54, 1.807) is 0 Å². The van der Waals surface area contributed by atoms with Crippen molar-refractivity contribution >= 4 is 27.5 Å². The smallest absolute Gasteiger partial charge is 0.243 e. The molecular formula is C19H25N3O5S. The van der Waals surface area contributed by atoms with Crippen LogP contribution in [-0.4, -0.2) is 74.9 Å². The number of rotatable bonds is 4. The molecule has 1 atom stereocenters. The molecule has 0 spiro atoms. The number of amides is 2. The minimum atomic E-state index is -3.61. The molecule has 0 aliphatic carbocycles. The highest BCUT2D eigenvalue weighted by molar-refractivity contribution is 7.89. The van der Waals surface area contributed by atoms with Gasteiger partial charge in [-0.05, 0) is 43.7 Å². The standard InChI is InChI=1S/C19H25N3O5S/c23-18-6-7-19(24)22(18)15-2-4-17(5-3-15)28(25,26)21-10-1-9-20(11-12-21)16-8-13-27-14-16/h2-5,16H,1,6-14H2. The Morgan fingerprint density at radius 2 is 1.64 bits per heavy atom. The molecule has 0 saturated carbocycles. The largest absolute Gasteiger partial charge is 0.380 e. The van der Waals surface area contributed by atoms with Gasteiger partial charge in [-0.15, -0.1) is 0 Å². The summed E-state index contributed by atoms with van der Waals surface area (Å²) in [6.07, 6.45) is 2.19. The minimum absolute atomic E-state index is 0.188. The molecule has 28 heavy (non-hydrogen) atoms. The van der Waals surface area contributed by atoms with Crippen LogP contribution in [-0.2, 0) is 24.3 Å². The average molecular weight is 407 g/mol. The van der Waals surface area contributed by atoms with Gasteiger partial charge in [-0.1, -0.05) is 0 Å². The molecule has 3 aliphatic heterocycles. The van der Waals surface area contributed by atoms with Crippen molar-refractivity contribution < 1.29 is 22.7 Å². The molecule has 8 nitrogen and oxygen atoms in total. The maximum absolute atomic E-state index is 13.1. The quantitative estimate of drug-likeness (QED) is 0.687. The van der Waals surface area contributed by atoms with Gasteiger partial charge >= 0.3 is 0 Å². The van der Waals surface area contributed by atoms with Crippen molar-refractivity contribution in [2.75, 3.05) is 44.3 Å². The predicted molar refractivity (Wildman–Crippen MR) is 102 cm³/mol. The third-order valence-corrected chi connectivity index (χ3v) is 7.61. The number of carbonyl (C=O) groups is 2. The lowest BCUT2D eigenvalue weighted by Gasteiger charge is -2.26. The molecule has 0 N–H and O–H groups in total. The Balaban J connectivity index is 1.47. The van der Waals surface area contributed by atoms with Crippen molar-refractivity contribution in [3.63, 3.8) is 0 Å². The van der Waals surface area contributed by atoms with Crippen molar-refractivity contribution in [3.8, 4) is 0 Å². The van der Waals surface area contributed by atoms with Crippen LogP contribution in [0.1, 0.15) is 25.7 Å². The Hall–Kier alpha value is -1.81. The molecule has 152 valence electrons. The lowest BCUT2D eigenvalue weighted by molar-refractivity contribution is -0.121. The molecule has 3 saturated heterocycles. The van der Waals surface area contributed by atoms with Crippen LogP contribution in [0.2, 0.25) is 0 Å². The van der Waals surface area contributed by atoms with Crippen molar-refractivity contribution in [3.05, 3.63) is 24.3 Å². The van der Waals surface area contributed by atoms with Crippen LogP contribution in [0.3, 0.4) is 0 Å². The van der Waals surface area contributed by atoms with E-state index in [9.17, 15) is 18.0 Å². The molecule has 0 aromatic heterocycles. The summed E-state index contributed by atoms with van der Waals surface area (Å²) in [5.74, 6) is -0.492. The molecule has 3 fully saturated rings. The summed E-state index contributed by atoms with van der Waals surface area (Å²) in [5, 5.41) is 0. The molecule has 2 amide bonds. The van der Waals surface area contributed by atoms with Crippen LogP contribution in [0.4, 0.5) is 5.69 Å². The molecule has 0 bridgehead atoms. The normalized spacial score (nSPS) is 25.4. The number of ether oxygens (including phenoxy) is 1. The zero-order valence-corrected chi connectivity index (χ0v) is 16.6. The average Bonchev–Trinajstić information content (AvgIpc) is 3.25. The van der Waals surface area contributed by atoms with Crippen LogP contribution in [0, 0.1) is 0 Å². The number of anilines is 1. The topological polar surface area (TPSA) is 87.2 Å². The summed E-state index contributed by atoms with van der Waals surface area (Å²) in [6, 6.07) is 6.42. The summed E-state index contributed by atoms with van der Waals surface area (Å²) < 4.78 is 33.1. The van der Waals surface area contributed by atoms with Crippen LogP contribution in [0.15, 0.2) is 29.2 Å². The van der Waals surface area contributed by atoms with Crippen LogP contribution in [0.25, 0.3) is 0 Å². The molecule has 3 heterocycles. The van der Waals surface area contributed by atoms with E-state index in [1.165, 1.54) is 28.6 Å². The monoisotopic (exact) mass is 407 g/mol. The summed E-state index contributed by atoms with van der Waals surface area (Å²) in [5.41, 5.74) is 0.426. The van der Waals surface area contributed by atoms with E-state index < -0.39 is 10.0 Å². The number of sulfonamides is 1. The van der Waals surface area contributed by atoms with Gasteiger partial charge in [0.15, 0.2) is 0 Å². The van der Waals surface area contributed by atoms with Gasteiger partial charge < -0.3 is 4.74 Å². The van der Waals surface area contributed by atoms with Crippen molar-refractivity contribution in [2.45, 2.75) is 36.6 Å². The number of imide groups is 1. The third-order valence-electron chi connectivity index (χ3n) is 5.70. The molecule has 9 heteroatoms. The summed E-state index contributed by atoms with van der Waals surface area (Å²) in [4.78, 5) is 27.4. The van der Waals surface area contributed by atoms with E-state index in [0.717, 1.165) is 37.5 Å². The van der Waals surface area contributed by atoms with Crippen molar-refractivity contribution in [1.29, 1.82) is 0 Å². The van der Waals surface area contributed by atoms with Gasteiger partial charge in [-0.25, -0.2) is 8.42 Å². The molecule has 4 rings (SSSR count). The number of hydrogen-bond donors (Lipinski definition) is 0. The second-order valence-electron chi connectivity index (χ2n) is 7.43. The maximum Gasteiger partial charge on any atom is 0.243 e. The van der Waals surface area contributed by atoms with Crippen LogP contribution < -0.4 is 4.90 Å². The fourth-order valence-corrected chi connectivity index (χ4v) is 5.58. The zero-order valence-electron chi connectivity index (χ0n) is 15.7. The number of hydrogen-bond acceptors (Lipinski definition) is 6. The van der Waals surface area contributed by atoms with Gasteiger partial charge in [-0.2, -0.15) is 4.31 Å². The Bertz CT molecular complexity index is 833. The Morgan fingerprint density at radius 3 is 2.29 bits per heavy atom. The van der Waals surface area contributed by atoms with Gasteiger partial charge in [0.2, 0.25) is 21.8 Å². The van der Waals surface area contributed by atoms with E-state index in [1.807, 2.05) is 0 Å². The molecule has 3 aliphatic rings. The lowest BCUT2D eigenvalue weighted by atomic mass is 10.2. The molecule has 1 aromatic rings. The van der Waals surface area contributed by atoms with Gasteiger partial charge in [0.25, 0.3) is 0 Å². The summed E-state index contributed by atoms with van der Waals surface area (Å²) >= 11 is 0. The Labute approximate surface area is 165 Å². The van der Waals surface area contributed by atoms with Gasteiger partial charge in [0, 0.05) is 45.1 Å². The van der Waals surface area contributed by atoms with Crippen LogP contribution in [0.5, 0.6) is 0 Å². The highest BCUT2D eigenvalue weighted by Gasteiger charge is 2.32. The summed E-state index contributed by atoms with van der Waals surface area (Å²) in [6.45, 7) is 4.00. The van der Waals surface area contributed by atoms with E-state index in [4.69, 9.17) is 4.74 Å². The second kappa shape index (κ2) is 7.90. The molecule has 0 radical (unpaired) electrons.